The number of nitrogens with zero attached hydrogens (tertiary/aromatic N) is 1. The van der Waals surface area contributed by atoms with Crippen molar-refractivity contribution in [3.05, 3.63) is 12.2 Å². The number of hydrogen-bond donors (Lipinski definition) is 1. The number of carbonyl (C=O) groups excluding carboxylic acids is 2. The number of rotatable bonds is 0. The molecule has 47 valence electrons. The SMILES string of the molecule is N.O=C1C=CC(=O)[N]1[TlH]. The van der Waals surface area contributed by atoms with Gasteiger partial charge in [-0.2, -0.15) is 0 Å². The molecule has 0 radical (unpaired) electrons. The van der Waals surface area contributed by atoms with Gasteiger partial charge >= 0.3 is 62.3 Å². The summed E-state index contributed by atoms with van der Waals surface area (Å²) in [5, 5.41) is 0. The molecular weight excluding hydrogens is 312 g/mol. The molecule has 1 aliphatic heterocycles. The standard InChI is InChI=1S/C4H3NO2.H3N.Tl.H/c6-3-1-2-4(7)5-3;;;/h1-2H,(H,5,6,7);1H3;;/q;;+1;/p-1. The fourth-order valence-corrected chi connectivity index (χ4v) is 1.25. The molecule has 0 fully saturated rings. The van der Waals surface area contributed by atoms with Crippen LogP contribution in [0.5, 0.6) is 0 Å². The van der Waals surface area contributed by atoms with Gasteiger partial charge in [0.25, 0.3) is 0 Å². The summed E-state index contributed by atoms with van der Waals surface area (Å²) < 4.78 is 1.25. The maximum absolute atomic E-state index is 10.5. The second-order valence-electron chi connectivity index (χ2n) is 1.44. The summed E-state index contributed by atoms with van der Waals surface area (Å²) in [7, 11) is 0. The van der Waals surface area contributed by atoms with E-state index in [0.717, 1.165) is 0 Å². The van der Waals surface area contributed by atoms with Gasteiger partial charge in [-0.25, -0.2) is 0 Å². The van der Waals surface area contributed by atoms with Crippen molar-refractivity contribution in [2.45, 2.75) is 0 Å². The summed E-state index contributed by atoms with van der Waals surface area (Å²) in [5.41, 5.74) is 0. The van der Waals surface area contributed by atoms with Gasteiger partial charge in [-0.15, -0.1) is 0 Å². The van der Waals surface area contributed by atoms with E-state index in [4.69, 9.17) is 0 Å². The summed E-state index contributed by atoms with van der Waals surface area (Å²) in [4.78, 5) is 20.9. The zero-order valence-electron chi connectivity index (χ0n) is 4.83. The van der Waals surface area contributed by atoms with Crippen LogP contribution in [0.25, 0.3) is 0 Å². The quantitative estimate of drug-likeness (QED) is 0.455. The average molecular weight is 318 g/mol. The Hall–Kier alpha value is -0.238. The predicted octanol–water partition coefficient (Wildman–Crippen LogP) is -1.11. The summed E-state index contributed by atoms with van der Waals surface area (Å²) in [6.07, 6.45) is 2.60. The Morgan fingerprint density at radius 1 is 1.22 bits per heavy atom. The second-order valence-corrected chi connectivity index (χ2v) is 3.90. The first-order valence-corrected chi connectivity index (χ1v) is 4.54. The molecule has 1 rings (SSSR count). The van der Waals surface area contributed by atoms with Crippen LogP contribution in [0.1, 0.15) is 0 Å². The zero-order chi connectivity index (χ0) is 6.15. The van der Waals surface area contributed by atoms with Crippen LogP contribution in [0.3, 0.4) is 0 Å². The first-order valence-electron chi connectivity index (χ1n) is 2.08. The molecule has 4 nitrogen and oxygen atoms in total. The van der Waals surface area contributed by atoms with Gasteiger partial charge in [0.15, 0.2) is 0 Å². The van der Waals surface area contributed by atoms with E-state index in [1.165, 1.54) is 14.9 Å². The molecule has 5 heteroatoms. The van der Waals surface area contributed by atoms with Gasteiger partial charge in [0.05, 0.1) is 0 Å². The molecule has 0 unspecified atom stereocenters. The Bertz CT molecular complexity index is 159. The van der Waals surface area contributed by atoms with Crippen LogP contribution >= 0.6 is 0 Å². The Morgan fingerprint density at radius 3 is 1.67 bits per heavy atom. The van der Waals surface area contributed by atoms with Crippen LogP contribution in [-0.2, 0) is 9.59 Å². The van der Waals surface area contributed by atoms with Crippen LogP contribution in [0.4, 0.5) is 0 Å². The first-order chi connectivity index (χ1) is 3.72. The van der Waals surface area contributed by atoms with Crippen molar-refractivity contribution in [2.24, 2.45) is 0 Å². The van der Waals surface area contributed by atoms with Crippen LogP contribution in [-0.4, -0.2) is 40.6 Å². The normalized spacial score (nSPS) is 16.1. The van der Waals surface area contributed by atoms with Gasteiger partial charge in [0, 0.05) is 0 Å². The Balaban J connectivity index is 0.000000640. The van der Waals surface area contributed by atoms with Crippen molar-refractivity contribution in [1.29, 1.82) is 0 Å². The molecule has 0 aromatic heterocycles. The predicted molar refractivity (Wildman–Crippen MR) is 33.2 cm³/mol. The molecule has 0 aromatic rings. The molecule has 1 heterocycles. The average Bonchev–Trinajstić information content (AvgIpc) is 1.98. The van der Waals surface area contributed by atoms with Crippen molar-refractivity contribution in [3.63, 3.8) is 0 Å². The van der Waals surface area contributed by atoms with E-state index < -0.39 is 0 Å². The van der Waals surface area contributed by atoms with Crippen molar-refractivity contribution in [2.75, 3.05) is 0 Å². The van der Waals surface area contributed by atoms with Crippen molar-refractivity contribution < 1.29 is 9.59 Å². The third-order valence-electron chi connectivity index (χ3n) is 0.901. The van der Waals surface area contributed by atoms with Gasteiger partial charge < -0.3 is 6.15 Å². The van der Waals surface area contributed by atoms with Gasteiger partial charge in [-0.3, -0.25) is 0 Å². The van der Waals surface area contributed by atoms with Crippen molar-refractivity contribution in [1.82, 2.24) is 8.86 Å². The molecule has 0 saturated carbocycles. The third kappa shape index (κ3) is 1.58. The Kier molecular flexibility index (Phi) is 2.98. The van der Waals surface area contributed by atoms with Gasteiger partial charge in [0.1, 0.15) is 0 Å². The van der Waals surface area contributed by atoms with Gasteiger partial charge in [0.2, 0.25) is 0 Å². The first kappa shape index (κ1) is 8.76. The van der Waals surface area contributed by atoms with Crippen molar-refractivity contribution >= 4 is 37.9 Å². The van der Waals surface area contributed by atoms with E-state index in [2.05, 4.69) is 0 Å². The minimum absolute atomic E-state index is 0. The molecule has 9 heavy (non-hydrogen) atoms. The summed E-state index contributed by atoms with van der Waals surface area (Å²) >= 11 is 0.110. The van der Waals surface area contributed by atoms with Crippen LogP contribution in [0.15, 0.2) is 12.2 Å². The number of amides is 2. The monoisotopic (exact) mass is 319 g/mol. The van der Waals surface area contributed by atoms with Gasteiger partial charge in [-0.05, 0) is 0 Å². The van der Waals surface area contributed by atoms with Crippen LogP contribution in [0.2, 0.25) is 0 Å². The Morgan fingerprint density at radius 2 is 1.56 bits per heavy atom. The fourth-order valence-electron chi connectivity index (χ4n) is 0.431. The molecule has 0 aromatic carbocycles. The third-order valence-corrected chi connectivity index (χ3v) is 3.32. The molecule has 0 saturated heterocycles. The maximum atomic E-state index is 10.5. The van der Waals surface area contributed by atoms with E-state index >= 15 is 0 Å². The van der Waals surface area contributed by atoms with E-state index in [-0.39, 0.29) is 44.0 Å². The molecule has 3 N–H and O–H groups in total. The summed E-state index contributed by atoms with van der Waals surface area (Å²) in [5.74, 6) is -0.309. The topological polar surface area (TPSA) is 72.4 Å². The molecule has 1 aliphatic rings. The van der Waals surface area contributed by atoms with Gasteiger partial charge in [-0.1, -0.05) is 0 Å². The molecule has 0 aliphatic carbocycles. The molecule has 0 atom stereocenters. The molecule has 2 amide bonds. The number of hydrogen-bond acceptors (Lipinski definition) is 3. The second kappa shape index (κ2) is 3.06. The van der Waals surface area contributed by atoms with Crippen LogP contribution in [0, 0.1) is 0 Å². The van der Waals surface area contributed by atoms with Crippen molar-refractivity contribution in [3.8, 4) is 0 Å². The summed E-state index contributed by atoms with van der Waals surface area (Å²) in [6, 6.07) is 0. The fraction of sp³-hybridized carbons (Fsp3) is 0. The zero-order valence-corrected chi connectivity index (χ0v) is 10.3. The molecule has 0 bridgehead atoms. The van der Waals surface area contributed by atoms with E-state index in [1.54, 1.807) is 0 Å². The van der Waals surface area contributed by atoms with E-state index in [0.29, 0.717) is 0 Å². The molecule has 0 spiro atoms. The number of imide groups is 1. The Labute approximate surface area is 68.6 Å². The number of carbonyl (C=O) groups is 2. The summed E-state index contributed by atoms with van der Waals surface area (Å²) in [6.45, 7) is 0. The van der Waals surface area contributed by atoms with E-state index in [9.17, 15) is 9.59 Å². The van der Waals surface area contributed by atoms with Crippen LogP contribution < -0.4 is 6.15 Å². The minimum atomic E-state index is -0.154. The van der Waals surface area contributed by atoms with E-state index in [1.807, 2.05) is 0 Å². The molecular formula is C4H6N2O2Tl.